The average molecular weight is 445 g/mol. The summed E-state index contributed by atoms with van der Waals surface area (Å²) in [6.45, 7) is 1.62. The number of anilines is 1. The van der Waals surface area contributed by atoms with E-state index in [-0.39, 0.29) is 17.3 Å². The number of thiophene rings is 1. The van der Waals surface area contributed by atoms with Gasteiger partial charge in [0, 0.05) is 19.0 Å². The normalized spacial score (nSPS) is 11.2. The lowest BCUT2D eigenvalue weighted by Gasteiger charge is -2.17. The van der Waals surface area contributed by atoms with Crippen LogP contribution in [0.4, 0.5) is 5.69 Å². The zero-order valence-electron chi connectivity index (χ0n) is 13.9. The van der Waals surface area contributed by atoms with E-state index in [1.54, 1.807) is 25.1 Å². The molecule has 0 fully saturated rings. The summed E-state index contributed by atoms with van der Waals surface area (Å²) >= 11 is 4.58. The van der Waals surface area contributed by atoms with Gasteiger partial charge in [0.2, 0.25) is 5.91 Å². The Morgan fingerprint density at radius 2 is 1.92 bits per heavy atom. The maximum atomic E-state index is 12.3. The lowest BCUT2D eigenvalue weighted by molar-refractivity contribution is -0.116. The molecular weight excluding hydrogens is 428 g/mol. The molecule has 0 atom stereocenters. The van der Waals surface area contributed by atoms with Crippen LogP contribution in [0.3, 0.4) is 0 Å². The third-order valence-electron chi connectivity index (χ3n) is 3.42. The highest BCUT2D eigenvalue weighted by Crippen LogP contribution is 2.23. The van der Waals surface area contributed by atoms with Gasteiger partial charge in [0.1, 0.15) is 0 Å². The molecule has 2 aromatic rings. The molecule has 9 heteroatoms. The second-order valence-corrected chi connectivity index (χ2v) is 10.0. The molecule has 134 valence electrons. The Hall–Kier alpha value is -1.71. The fourth-order valence-electron chi connectivity index (χ4n) is 2.06. The third kappa shape index (κ3) is 5.13. The molecule has 0 radical (unpaired) electrons. The number of likely N-dealkylation sites (N-methyl/N-ethyl adjacent to an activating group) is 1. The zero-order valence-corrected chi connectivity index (χ0v) is 17.1. The van der Waals surface area contributed by atoms with E-state index >= 15 is 0 Å². The molecule has 2 rings (SSSR count). The lowest BCUT2D eigenvalue weighted by Crippen LogP contribution is -2.34. The van der Waals surface area contributed by atoms with Crippen LogP contribution in [0.15, 0.2) is 39.0 Å². The van der Waals surface area contributed by atoms with Crippen molar-refractivity contribution < 1.29 is 18.0 Å². The largest absolute Gasteiger partial charge is 0.332 e. The second-order valence-electron chi connectivity index (χ2n) is 5.56. The van der Waals surface area contributed by atoms with Gasteiger partial charge in [-0.3, -0.25) is 9.59 Å². The van der Waals surface area contributed by atoms with E-state index in [0.717, 1.165) is 15.6 Å². The summed E-state index contributed by atoms with van der Waals surface area (Å²) in [4.78, 5) is 26.4. The van der Waals surface area contributed by atoms with Crippen LogP contribution >= 0.6 is 27.3 Å². The number of nitrogens with zero attached hydrogens (tertiary/aromatic N) is 1. The first-order chi connectivity index (χ1) is 11.6. The first kappa shape index (κ1) is 19.6. The Balaban J connectivity index is 2.08. The van der Waals surface area contributed by atoms with E-state index in [1.165, 1.54) is 35.4 Å². The molecule has 0 saturated heterocycles. The summed E-state index contributed by atoms with van der Waals surface area (Å²) in [5.74, 6) is -0.660. The predicted molar refractivity (Wildman–Crippen MR) is 102 cm³/mol. The predicted octanol–water partition coefficient (Wildman–Crippen LogP) is 2.93. The molecule has 2 amide bonds. The number of hydrogen-bond donors (Lipinski definition) is 1. The zero-order chi connectivity index (χ0) is 18.8. The molecular formula is C16H17BrN2O4S2. The van der Waals surface area contributed by atoms with Crippen LogP contribution in [0, 0.1) is 6.92 Å². The maximum absolute atomic E-state index is 12.3. The number of halogens is 1. The van der Waals surface area contributed by atoms with Gasteiger partial charge < -0.3 is 10.2 Å². The Kier molecular flexibility index (Phi) is 6.02. The highest BCUT2D eigenvalue weighted by Gasteiger charge is 2.18. The monoisotopic (exact) mass is 444 g/mol. The molecule has 0 saturated carbocycles. The van der Waals surface area contributed by atoms with Gasteiger partial charge >= 0.3 is 0 Å². The van der Waals surface area contributed by atoms with Crippen LogP contribution in [0.2, 0.25) is 0 Å². The van der Waals surface area contributed by atoms with Crippen LogP contribution in [-0.4, -0.2) is 45.0 Å². The van der Waals surface area contributed by atoms with Crippen molar-refractivity contribution in [3.8, 4) is 0 Å². The smallest absolute Gasteiger partial charge is 0.264 e. The number of benzene rings is 1. The summed E-state index contributed by atoms with van der Waals surface area (Å²) < 4.78 is 24.1. The van der Waals surface area contributed by atoms with Crippen molar-refractivity contribution >= 4 is 54.6 Å². The minimum Gasteiger partial charge on any atom is -0.332 e. The number of nitrogens with one attached hydrogen (secondary N) is 1. The fraction of sp³-hybridized carbons (Fsp3) is 0.250. The molecule has 6 nitrogen and oxygen atoms in total. The van der Waals surface area contributed by atoms with Gasteiger partial charge in [0.05, 0.1) is 20.1 Å². The van der Waals surface area contributed by atoms with Crippen molar-refractivity contribution in [3.63, 3.8) is 0 Å². The van der Waals surface area contributed by atoms with Crippen LogP contribution in [0.1, 0.15) is 15.2 Å². The Morgan fingerprint density at radius 3 is 2.48 bits per heavy atom. The molecule has 0 aliphatic rings. The lowest BCUT2D eigenvalue weighted by atomic mass is 10.2. The van der Waals surface area contributed by atoms with Crippen molar-refractivity contribution in [2.24, 2.45) is 0 Å². The fourth-order valence-corrected chi connectivity index (χ4v) is 4.09. The van der Waals surface area contributed by atoms with E-state index in [4.69, 9.17) is 0 Å². The third-order valence-corrected chi connectivity index (χ3v) is 6.14. The molecule has 1 N–H and O–H groups in total. The van der Waals surface area contributed by atoms with Crippen LogP contribution < -0.4 is 5.32 Å². The topological polar surface area (TPSA) is 83.6 Å². The maximum Gasteiger partial charge on any atom is 0.264 e. The van der Waals surface area contributed by atoms with E-state index in [2.05, 4.69) is 21.2 Å². The van der Waals surface area contributed by atoms with Crippen LogP contribution in [0.5, 0.6) is 0 Å². The summed E-state index contributed by atoms with van der Waals surface area (Å²) in [6, 6.07) is 7.99. The number of carbonyl (C=O) groups is 2. The van der Waals surface area contributed by atoms with Gasteiger partial charge in [0.25, 0.3) is 5.91 Å². The molecule has 0 spiro atoms. The minimum absolute atomic E-state index is 0.126. The molecule has 1 aromatic heterocycles. The average Bonchev–Trinajstić information content (AvgIpc) is 2.94. The second kappa shape index (κ2) is 7.67. The summed E-state index contributed by atoms with van der Waals surface area (Å²) in [5, 5.41) is 2.66. The van der Waals surface area contributed by atoms with Crippen molar-refractivity contribution in [2.75, 3.05) is 25.2 Å². The van der Waals surface area contributed by atoms with E-state index in [1.807, 2.05) is 0 Å². The van der Waals surface area contributed by atoms with Crippen molar-refractivity contribution in [1.29, 1.82) is 0 Å². The molecule has 1 aromatic carbocycles. The first-order valence-electron chi connectivity index (χ1n) is 7.19. The van der Waals surface area contributed by atoms with Gasteiger partial charge in [-0.05, 0) is 52.7 Å². The SMILES string of the molecule is Cc1ccc(S(C)(=O)=O)cc1NC(=O)CN(C)C(=O)c1ccc(Br)s1. The number of sulfone groups is 1. The summed E-state index contributed by atoms with van der Waals surface area (Å²) in [6.07, 6.45) is 1.11. The summed E-state index contributed by atoms with van der Waals surface area (Å²) in [5.41, 5.74) is 1.14. The minimum atomic E-state index is -3.37. The Morgan fingerprint density at radius 1 is 1.24 bits per heavy atom. The van der Waals surface area contributed by atoms with E-state index < -0.39 is 15.7 Å². The Labute approximate surface area is 158 Å². The number of rotatable bonds is 5. The van der Waals surface area contributed by atoms with Gasteiger partial charge in [-0.15, -0.1) is 11.3 Å². The van der Waals surface area contributed by atoms with Gasteiger partial charge in [-0.25, -0.2) is 8.42 Å². The molecule has 0 bridgehead atoms. The van der Waals surface area contributed by atoms with Crippen LogP contribution in [0.25, 0.3) is 0 Å². The highest BCUT2D eigenvalue weighted by molar-refractivity contribution is 9.11. The van der Waals surface area contributed by atoms with Crippen molar-refractivity contribution in [2.45, 2.75) is 11.8 Å². The van der Waals surface area contributed by atoms with E-state index in [9.17, 15) is 18.0 Å². The summed E-state index contributed by atoms with van der Waals surface area (Å²) in [7, 11) is -1.83. The standard InChI is InChI=1S/C16H17BrN2O4S2/c1-10-4-5-11(25(3,22)23)8-12(10)18-15(20)9-19(2)16(21)13-6-7-14(17)24-13/h4-8H,9H2,1-3H3,(H,18,20). The van der Waals surface area contributed by atoms with Crippen molar-refractivity contribution in [1.82, 2.24) is 4.90 Å². The number of aryl methyl sites for hydroxylation is 1. The molecule has 1 heterocycles. The van der Waals surface area contributed by atoms with E-state index in [0.29, 0.717) is 10.6 Å². The Bertz CT molecular complexity index is 922. The number of carbonyl (C=O) groups excluding carboxylic acids is 2. The van der Waals surface area contributed by atoms with Gasteiger partial charge in [-0.1, -0.05) is 6.07 Å². The first-order valence-corrected chi connectivity index (χ1v) is 10.7. The van der Waals surface area contributed by atoms with Crippen molar-refractivity contribution in [3.05, 3.63) is 44.6 Å². The van der Waals surface area contributed by atoms with Crippen LogP contribution in [-0.2, 0) is 14.6 Å². The molecule has 0 unspecified atom stereocenters. The molecule has 25 heavy (non-hydrogen) atoms. The number of amides is 2. The molecule has 0 aliphatic carbocycles. The van der Waals surface area contributed by atoms with Gasteiger partial charge in [-0.2, -0.15) is 0 Å². The molecule has 0 aliphatic heterocycles. The highest BCUT2D eigenvalue weighted by atomic mass is 79.9. The quantitative estimate of drug-likeness (QED) is 0.767. The number of hydrogen-bond acceptors (Lipinski definition) is 5. The van der Waals surface area contributed by atoms with Gasteiger partial charge in [0.15, 0.2) is 9.84 Å².